The molecule has 1 heterocycles. The standard InChI is InChI=1S/C16H20N2O5/c1-2-17-15(20)11-5-3-6-12(9-11)18-14(19)10-23-16(21)13-7-4-8-22-13/h3,5-6,9,13H,2,4,7-8,10H2,1H3,(H,17,20)(H,18,19)/t13-/m1/s1. The molecular weight excluding hydrogens is 300 g/mol. The average Bonchev–Trinajstić information content (AvgIpc) is 3.07. The van der Waals surface area contributed by atoms with E-state index < -0.39 is 18.0 Å². The number of esters is 1. The molecule has 7 nitrogen and oxygen atoms in total. The van der Waals surface area contributed by atoms with Crippen LogP contribution in [0.3, 0.4) is 0 Å². The Morgan fingerprint density at radius 1 is 1.35 bits per heavy atom. The highest BCUT2D eigenvalue weighted by Gasteiger charge is 2.25. The van der Waals surface area contributed by atoms with Crippen molar-refractivity contribution in [2.45, 2.75) is 25.9 Å². The number of hydrogen-bond donors (Lipinski definition) is 2. The maximum absolute atomic E-state index is 11.8. The van der Waals surface area contributed by atoms with Gasteiger partial charge in [0.05, 0.1) is 0 Å². The van der Waals surface area contributed by atoms with Crippen molar-refractivity contribution in [2.24, 2.45) is 0 Å². The summed E-state index contributed by atoms with van der Waals surface area (Å²) < 4.78 is 10.1. The van der Waals surface area contributed by atoms with Gasteiger partial charge in [0.25, 0.3) is 11.8 Å². The molecule has 2 rings (SSSR count). The molecule has 1 aliphatic heterocycles. The van der Waals surface area contributed by atoms with E-state index in [9.17, 15) is 14.4 Å². The lowest BCUT2D eigenvalue weighted by atomic mass is 10.2. The molecule has 1 fully saturated rings. The molecule has 1 aliphatic rings. The van der Waals surface area contributed by atoms with Gasteiger partial charge >= 0.3 is 5.97 Å². The summed E-state index contributed by atoms with van der Waals surface area (Å²) >= 11 is 0. The predicted octanol–water partition coefficient (Wildman–Crippen LogP) is 1.10. The summed E-state index contributed by atoms with van der Waals surface area (Å²) in [5, 5.41) is 5.27. The van der Waals surface area contributed by atoms with E-state index in [-0.39, 0.29) is 12.5 Å². The minimum absolute atomic E-state index is 0.214. The van der Waals surface area contributed by atoms with Gasteiger partial charge in [-0.3, -0.25) is 9.59 Å². The van der Waals surface area contributed by atoms with Crippen molar-refractivity contribution in [2.75, 3.05) is 25.1 Å². The van der Waals surface area contributed by atoms with E-state index in [4.69, 9.17) is 9.47 Å². The van der Waals surface area contributed by atoms with Crippen LogP contribution in [0.2, 0.25) is 0 Å². The van der Waals surface area contributed by atoms with Crippen LogP contribution >= 0.6 is 0 Å². The van der Waals surface area contributed by atoms with Crippen LogP contribution < -0.4 is 10.6 Å². The molecule has 7 heteroatoms. The summed E-state index contributed by atoms with van der Waals surface area (Å²) in [6.07, 6.45) is 0.872. The van der Waals surface area contributed by atoms with Gasteiger partial charge in [0.2, 0.25) is 0 Å². The highest BCUT2D eigenvalue weighted by molar-refractivity contribution is 5.97. The molecule has 1 atom stereocenters. The number of benzene rings is 1. The second-order valence-corrected chi connectivity index (χ2v) is 5.10. The molecule has 23 heavy (non-hydrogen) atoms. The first kappa shape index (κ1) is 17.0. The highest BCUT2D eigenvalue weighted by Crippen LogP contribution is 2.14. The van der Waals surface area contributed by atoms with Crippen LogP contribution in [-0.4, -0.2) is 43.6 Å². The van der Waals surface area contributed by atoms with Gasteiger partial charge in [-0.05, 0) is 38.0 Å². The summed E-state index contributed by atoms with van der Waals surface area (Å²) in [6, 6.07) is 6.53. The topological polar surface area (TPSA) is 93.7 Å². The van der Waals surface area contributed by atoms with Crippen molar-refractivity contribution < 1.29 is 23.9 Å². The molecule has 124 valence electrons. The third-order valence-electron chi connectivity index (χ3n) is 3.28. The lowest BCUT2D eigenvalue weighted by Gasteiger charge is -2.10. The molecule has 1 aromatic rings. The van der Waals surface area contributed by atoms with Crippen LogP contribution in [-0.2, 0) is 19.1 Å². The van der Waals surface area contributed by atoms with E-state index in [1.54, 1.807) is 24.3 Å². The Balaban J connectivity index is 1.83. The normalized spacial score (nSPS) is 16.7. The smallest absolute Gasteiger partial charge is 0.335 e. The van der Waals surface area contributed by atoms with Gasteiger partial charge in [-0.15, -0.1) is 0 Å². The fraction of sp³-hybridized carbons (Fsp3) is 0.438. The monoisotopic (exact) mass is 320 g/mol. The Kier molecular flexibility index (Phi) is 6.10. The summed E-state index contributed by atoms with van der Waals surface area (Å²) in [5.41, 5.74) is 0.910. The highest BCUT2D eigenvalue weighted by atomic mass is 16.6. The molecule has 2 N–H and O–H groups in total. The van der Waals surface area contributed by atoms with Crippen molar-refractivity contribution in [1.82, 2.24) is 5.32 Å². The van der Waals surface area contributed by atoms with Crippen molar-refractivity contribution in [3.63, 3.8) is 0 Å². The molecule has 1 aromatic carbocycles. The Bertz CT molecular complexity index is 582. The van der Waals surface area contributed by atoms with Crippen molar-refractivity contribution in [1.29, 1.82) is 0 Å². The fourth-order valence-electron chi connectivity index (χ4n) is 2.19. The Hall–Kier alpha value is -2.41. The van der Waals surface area contributed by atoms with Gasteiger partial charge in [0.15, 0.2) is 12.7 Å². The van der Waals surface area contributed by atoms with Crippen LogP contribution in [0.15, 0.2) is 24.3 Å². The van der Waals surface area contributed by atoms with Crippen LogP contribution in [0.5, 0.6) is 0 Å². The molecule has 0 saturated carbocycles. The number of ether oxygens (including phenoxy) is 2. The largest absolute Gasteiger partial charge is 0.454 e. The van der Waals surface area contributed by atoms with Crippen LogP contribution in [0.4, 0.5) is 5.69 Å². The molecular formula is C16H20N2O5. The number of carbonyl (C=O) groups excluding carboxylic acids is 3. The number of carbonyl (C=O) groups is 3. The average molecular weight is 320 g/mol. The van der Waals surface area contributed by atoms with Crippen molar-refractivity contribution in [3.8, 4) is 0 Å². The van der Waals surface area contributed by atoms with Crippen LogP contribution in [0.25, 0.3) is 0 Å². The lowest BCUT2D eigenvalue weighted by Crippen LogP contribution is -2.27. The van der Waals surface area contributed by atoms with Gasteiger partial charge < -0.3 is 20.1 Å². The maximum Gasteiger partial charge on any atom is 0.335 e. The number of amides is 2. The summed E-state index contributed by atoms with van der Waals surface area (Å²) in [6.45, 7) is 2.50. The quantitative estimate of drug-likeness (QED) is 0.766. The first-order chi connectivity index (χ1) is 11.1. The SMILES string of the molecule is CCNC(=O)c1cccc(NC(=O)COC(=O)[C@H]2CCCO2)c1. The molecule has 0 bridgehead atoms. The Morgan fingerprint density at radius 2 is 2.17 bits per heavy atom. The molecule has 0 unspecified atom stereocenters. The summed E-state index contributed by atoms with van der Waals surface area (Å²) in [7, 11) is 0. The summed E-state index contributed by atoms with van der Waals surface area (Å²) in [5.74, 6) is -1.20. The Morgan fingerprint density at radius 3 is 2.87 bits per heavy atom. The zero-order valence-electron chi connectivity index (χ0n) is 13.0. The van der Waals surface area contributed by atoms with E-state index in [1.807, 2.05) is 6.92 Å². The number of hydrogen-bond acceptors (Lipinski definition) is 5. The van der Waals surface area contributed by atoms with Gasteiger partial charge in [0, 0.05) is 24.4 Å². The van der Waals surface area contributed by atoms with E-state index in [0.29, 0.717) is 30.8 Å². The minimum Gasteiger partial charge on any atom is -0.454 e. The predicted molar refractivity (Wildman–Crippen MR) is 83.0 cm³/mol. The molecule has 0 spiro atoms. The Labute approximate surface area is 134 Å². The van der Waals surface area contributed by atoms with Crippen LogP contribution in [0.1, 0.15) is 30.1 Å². The lowest BCUT2D eigenvalue weighted by molar-refractivity contribution is -0.156. The molecule has 0 aliphatic carbocycles. The number of rotatable bonds is 6. The first-order valence-electron chi connectivity index (χ1n) is 7.56. The maximum atomic E-state index is 11.8. The fourth-order valence-corrected chi connectivity index (χ4v) is 2.19. The molecule has 0 aromatic heterocycles. The van der Waals surface area contributed by atoms with Gasteiger partial charge in [-0.25, -0.2) is 4.79 Å². The second kappa shape index (κ2) is 8.28. The van der Waals surface area contributed by atoms with Gasteiger partial charge in [-0.1, -0.05) is 6.07 Å². The summed E-state index contributed by atoms with van der Waals surface area (Å²) in [4.78, 5) is 35.2. The molecule has 2 amide bonds. The third-order valence-corrected chi connectivity index (χ3v) is 3.28. The van der Waals surface area contributed by atoms with Crippen molar-refractivity contribution in [3.05, 3.63) is 29.8 Å². The second-order valence-electron chi connectivity index (χ2n) is 5.10. The van der Waals surface area contributed by atoms with Gasteiger partial charge in [0.1, 0.15) is 0 Å². The van der Waals surface area contributed by atoms with E-state index in [2.05, 4.69) is 10.6 Å². The zero-order valence-corrected chi connectivity index (χ0v) is 13.0. The number of anilines is 1. The third kappa shape index (κ3) is 5.07. The van der Waals surface area contributed by atoms with Gasteiger partial charge in [-0.2, -0.15) is 0 Å². The van der Waals surface area contributed by atoms with E-state index in [1.165, 1.54) is 0 Å². The van der Waals surface area contributed by atoms with Crippen LogP contribution in [0, 0.1) is 0 Å². The number of nitrogens with one attached hydrogen (secondary N) is 2. The molecule has 1 saturated heterocycles. The minimum atomic E-state index is -0.566. The first-order valence-corrected chi connectivity index (χ1v) is 7.56. The molecule has 0 radical (unpaired) electrons. The van der Waals surface area contributed by atoms with Crippen molar-refractivity contribution >= 4 is 23.5 Å². The zero-order chi connectivity index (χ0) is 16.7. The van der Waals surface area contributed by atoms with E-state index in [0.717, 1.165) is 6.42 Å². The van der Waals surface area contributed by atoms with E-state index >= 15 is 0 Å².